The van der Waals surface area contributed by atoms with Gasteiger partial charge in [-0.2, -0.15) is 0 Å². The minimum atomic E-state index is 0.123. The van der Waals surface area contributed by atoms with Gasteiger partial charge in [-0.05, 0) is 23.8 Å². The molecule has 0 aliphatic carbocycles. The number of benzene rings is 2. The number of carbonyl (C=O) groups is 1. The standard InChI is InChI=1S/C17H14N2O/c1-18(2)12-9-7-11(8-10-12)16-15-13-5-3-4-6-14(13)19(16)17(15)20/h3-10H,1-2H3. The van der Waals surface area contributed by atoms with Gasteiger partial charge in [0, 0.05) is 25.2 Å². The average Bonchev–Trinajstić information content (AvgIpc) is 2.96. The van der Waals surface area contributed by atoms with Crippen LogP contribution in [-0.2, 0) is 0 Å². The Morgan fingerprint density at radius 3 is 2.30 bits per heavy atom. The molecule has 0 saturated carbocycles. The fraction of sp³-hybridized carbons (Fsp3) is 0.118. The largest absolute Gasteiger partial charge is 0.378 e. The van der Waals surface area contributed by atoms with Crippen molar-refractivity contribution in [2.45, 2.75) is 0 Å². The lowest BCUT2D eigenvalue weighted by molar-refractivity contribution is 0.0951. The SMILES string of the molecule is CN(C)c1ccc(-c2c3c4ccccc4n2C3=O)cc1. The van der Waals surface area contributed by atoms with E-state index in [1.165, 1.54) is 0 Å². The number of hydrogen-bond acceptors (Lipinski definition) is 2. The van der Waals surface area contributed by atoms with Gasteiger partial charge in [-0.1, -0.05) is 30.3 Å². The van der Waals surface area contributed by atoms with E-state index < -0.39 is 0 Å². The highest BCUT2D eigenvalue weighted by atomic mass is 16.2. The highest BCUT2D eigenvalue weighted by Gasteiger charge is 2.35. The number of aromatic nitrogens is 1. The average molecular weight is 262 g/mol. The van der Waals surface area contributed by atoms with E-state index in [0.717, 1.165) is 33.4 Å². The van der Waals surface area contributed by atoms with Crippen molar-refractivity contribution in [3.8, 4) is 11.3 Å². The Balaban J connectivity index is 1.91. The molecule has 20 heavy (non-hydrogen) atoms. The highest BCUT2D eigenvalue weighted by molar-refractivity contribution is 6.26. The van der Waals surface area contributed by atoms with Crippen LogP contribution in [0, 0.1) is 0 Å². The lowest BCUT2D eigenvalue weighted by Crippen LogP contribution is -2.21. The van der Waals surface area contributed by atoms with Gasteiger partial charge in [0.2, 0.25) is 0 Å². The Labute approximate surface area is 117 Å². The van der Waals surface area contributed by atoms with Crippen molar-refractivity contribution < 1.29 is 4.79 Å². The van der Waals surface area contributed by atoms with Crippen LogP contribution in [0.1, 0.15) is 10.4 Å². The van der Waals surface area contributed by atoms with Gasteiger partial charge >= 0.3 is 0 Å². The van der Waals surface area contributed by atoms with Crippen LogP contribution in [0.5, 0.6) is 0 Å². The van der Waals surface area contributed by atoms with E-state index in [4.69, 9.17) is 0 Å². The smallest absolute Gasteiger partial charge is 0.265 e. The molecule has 0 amide bonds. The fourth-order valence-electron chi connectivity index (χ4n) is 2.92. The lowest BCUT2D eigenvalue weighted by atomic mass is 10.0. The number of anilines is 1. The summed E-state index contributed by atoms with van der Waals surface area (Å²) in [4.78, 5) is 14.2. The van der Waals surface area contributed by atoms with Gasteiger partial charge < -0.3 is 4.90 Å². The Morgan fingerprint density at radius 2 is 1.65 bits per heavy atom. The van der Waals surface area contributed by atoms with Crippen LogP contribution in [0.3, 0.4) is 0 Å². The molecule has 0 N–H and O–H groups in total. The van der Waals surface area contributed by atoms with E-state index in [1.807, 2.05) is 42.9 Å². The maximum Gasteiger partial charge on any atom is 0.265 e. The Morgan fingerprint density at radius 1 is 0.950 bits per heavy atom. The van der Waals surface area contributed by atoms with E-state index in [2.05, 4.69) is 29.2 Å². The van der Waals surface area contributed by atoms with Gasteiger partial charge in [0.25, 0.3) is 5.91 Å². The molecule has 2 bridgehead atoms. The van der Waals surface area contributed by atoms with Crippen LogP contribution in [0.2, 0.25) is 0 Å². The number of nitrogens with zero attached hydrogens (tertiary/aromatic N) is 2. The first-order valence-corrected chi connectivity index (χ1v) is 6.64. The monoisotopic (exact) mass is 262 g/mol. The summed E-state index contributed by atoms with van der Waals surface area (Å²) in [6, 6.07) is 16.3. The van der Waals surface area contributed by atoms with Crippen LogP contribution >= 0.6 is 0 Å². The third kappa shape index (κ3) is 1.27. The van der Waals surface area contributed by atoms with E-state index in [-0.39, 0.29) is 5.91 Å². The van der Waals surface area contributed by atoms with Gasteiger partial charge in [0.05, 0.1) is 16.8 Å². The molecule has 3 nitrogen and oxygen atoms in total. The topological polar surface area (TPSA) is 25.2 Å². The second kappa shape index (κ2) is 3.73. The molecule has 98 valence electrons. The molecule has 1 aliphatic rings. The quantitative estimate of drug-likeness (QED) is 0.553. The minimum Gasteiger partial charge on any atom is -0.378 e. The molecular formula is C17H14N2O. The summed E-state index contributed by atoms with van der Waals surface area (Å²) in [5, 5.41) is 1.06. The van der Waals surface area contributed by atoms with Crippen LogP contribution in [0.25, 0.3) is 22.2 Å². The van der Waals surface area contributed by atoms with Gasteiger partial charge in [-0.15, -0.1) is 0 Å². The normalized spacial score (nSPS) is 12.6. The van der Waals surface area contributed by atoms with Crippen molar-refractivity contribution in [1.29, 1.82) is 0 Å². The third-order valence-corrected chi connectivity index (χ3v) is 3.95. The van der Waals surface area contributed by atoms with Crippen LogP contribution in [-0.4, -0.2) is 24.6 Å². The van der Waals surface area contributed by atoms with Crippen molar-refractivity contribution in [2.75, 3.05) is 19.0 Å². The molecule has 0 spiro atoms. The number of fused-ring (bicyclic) bond motifs is 5. The second-order valence-corrected chi connectivity index (χ2v) is 5.32. The summed E-state index contributed by atoms with van der Waals surface area (Å²) in [7, 11) is 4.04. The first-order valence-electron chi connectivity index (χ1n) is 6.64. The molecule has 0 fully saturated rings. The van der Waals surface area contributed by atoms with Gasteiger partial charge in [-0.25, -0.2) is 0 Å². The zero-order valence-electron chi connectivity index (χ0n) is 11.4. The number of rotatable bonds is 2. The van der Waals surface area contributed by atoms with Gasteiger partial charge in [0.1, 0.15) is 0 Å². The molecule has 3 aromatic rings. The predicted molar refractivity (Wildman–Crippen MR) is 81.4 cm³/mol. The molecule has 0 radical (unpaired) electrons. The molecule has 4 rings (SSSR count). The molecular weight excluding hydrogens is 248 g/mol. The molecule has 3 heteroatoms. The number of para-hydroxylation sites is 1. The Kier molecular flexibility index (Phi) is 2.11. The van der Waals surface area contributed by atoms with Crippen LogP contribution in [0.15, 0.2) is 48.5 Å². The third-order valence-electron chi connectivity index (χ3n) is 3.95. The summed E-state index contributed by atoms with van der Waals surface area (Å²) in [6.07, 6.45) is 0. The maximum absolute atomic E-state index is 12.1. The van der Waals surface area contributed by atoms with Crippen molar-refractivity contribution in [3.63, 3.8) is 0 Å². The zero-order chi connectivity index (χ0) is 13.9. The molecule has 0 saturated heterocycles. The summed E-state index contributed by atoms with van der Waals surface area (Å²) < 4.78 is 1.81. The second-order valence-electron chi connectivity index (χ2n) is 5.32. The number of hydrogen-bond donors (Lipinski definition) is 0. The Hall–Kier alpha value is -2.55. The van der Waals surface area contributed by atoms with Gasteiger partial charge in [0.15, 0.2) is 0 Å². The molecule has 1 aromatic heterocycles. The summed E-state index contributed by atoms with van der Waals surface area (Å²) >= 11 is 0. The number of carbonyl (C=O) groups excluding carboxylic acids is 1. The molecule has 0 unspecified atom stereocenters. The minimum absolute atomic E-state index is 0.123. The van der Waals surface area contributed by atoms with Crippen LogP contribution in [0.4, 0.5) is 5.69 Å². The van der Waals surface area contributed by atoms with Crippen molar-refractivity contribution in [2.24, 2.45) is 0 Å². The van der Waals surface area contributed by atoms with Gasteiger partial charge in [-0.3, -0.25) is 9.36 Å². The Bertz CT molecular complexity index is 798. The van der Waals surface area contributed by atoms with E-state index in [0.29, 0.717) is 0 Å². The van der Waals surface area contributed by atoms with Crippen LogP contribution < -0.4 is 4.90 Å². The predicted octanol–water partition coefficient (Wildman–Crippen LogP) is 3.38. The van der Waals surface area contributed by atoms with Crippen molar-refractivity contribution in [3.05, 3.63) is 54.1 Å². The van der Waals surface area contributed by atoms with Crippen molar-refractivity contribution in [1.82, 2.24) is 4.57 Å². The van der Waals surface area contributed by atoms with E-state index in [9.17, 15) is 4.79 Å². The fourth-order valence-corrected chi connectivity index (χ4v) is 2.92. The van der Waals surface area contributed by atoms with E-state index in [1.54, 1.807) is 0 Å². The summed E-state index contributed by atoms with van der Waals surface area (Å²) in [6.45, 7) is 0. The molecule has 0 atom stereocenters. The molecule has 1 aliphatic heterocycles. The highest BCUT2D eigenvalue weighted by Crippen LogP contribution is 2.42. The lowest BCUT2D eigenvalue weighted by Gasteiger charge is -2.19. The molecule has 2 aromatic carbocycles. The van der Waals surface area contributed by atoms with Crippen molar-refractivity contribution >= 4 is 22.5 Å². The van der Waals surface area contributed by atoms with E-state index >= 15 is 0 Å². The first kappa shape index (κ1) is 11.3. The zero-order valence-corrected chi connectivity index (χ0v) is 11.4. The summed E-state index contributed by atoms with van der Waals surface area (Å²) in [5.74, 6) is 0.123. The first-order chi connectivity index (χ1) is 9.68. The molecule has 2 heterocycles. The summed E-state index contributed by atoms with van der Waals surface area (Å²) in [5.41, 5.74) is 5.17. The maximum atomic E-state index is 12.1.